The van der Waals surface area contributed by atoms with Gasteiger partial charge in [-0.1, -0.05) is 6.92 Å². The number of benzene rings is 1. The Labute approximate surface area is 103 Å². The lowest BCUT2D eigenvalue weighted by Crippen LogP contribution is -2.20. The van der Waals surface area contributed by atoms with Crippen LogP contribution in [-0.2, 0) is 18.8 Å². The molecule has 0 bridgehead atoms. The summed E-state index contributed by atoms with van der Waals surface area (Å²) in [7, 11) is 0. The average molecular weight is 286 g/mol. The van der Waals surface area contributed by atoms with E-state index in [1.807, 2.05) is 0 Å². The van der Waals surface area contributed by atoms with E-state index in [4.69, 9.17) is 5.11 Å². The number of halogens is 6. The molecule has 0 atom stereocenters. The van der Waals surface area contributed by atoms with Crippen molar-refractivity contribution in [1.82, 2.24) is 0 Å². The summed E-state index contributed by atoms with van der Waals surface area (Å²) in [6, 6.07) is 0.616. The molecule has 0 radical (unpaired) electrons. The Hall–Kier alpha value is -1.73. The first-order chi connectivity index (χ1) is 8.48. The number of rotatable bonds is 2. The van der Waals surface area contributed by atoms with Crippen molar-refractivity contribution in [3.8, 4) is 0 Å². The molecule has 1 aromatic carbocycles. The molecule has 106 valence electrons. The van der Waals surface area contributed by atoms with Crippen LogP contribution in [0, 0.1) is 0 Å². The molecule has 1 aromatic rings. The molecule has 0 saturated carbocycles. The molecule has 0 unspecified atom stereocenters. The van der Waals surface area contributed by atoms with Gasteiger partial charge < -0.3 is 5.11 Å². The standard InChI is InChI=1S/C11H8F6O2/c1-2-5-3-6(9(18)19)4-7(10(12,13)14)8(5)11(15,16)17/h3-4H,2H2,1H3,(H,18,19). The predicted molar refractivity (Wildman–Crippen MR) is 52.8 cm³/mol. The Balaban J connectivity index is 3.73. The van der Waals surface area contributed by atoms with Gasteiger partial charge in [0, 0.05) is 0 Å². The molecule has 1 rings (SSSR count). The van der Waals surface area contributed by atoms with E-state index < -0.39 is 40.6 Å². The molecular formula is C11H8F6O2. The lowest BCUT2D eigenvalue weighted by Gasteiger charge is -2.19. The molecular weight excluding hydrogens is 278 g/mol. The van der Waals surface area contributed by atoms with Gasteiger partial charge in [-0.3, -0.25) is 0 Å². The van der Waals surface area contributed by atoms with E-state index >= 15 is 0 Å². The van der Waals surface area contributed by atoms with Gasteiger partial charge in [-0.15, -0.1) is 0 Å². The molecule has 0 aliphatic carbocycles. The summed E-state index contributed by atoms with van der Waals surface area (Å²) in [6.45, 7) is 1.22. The zero-order valence-corrected chi connectivity index (χ0v) is 9.49. The fourth-order valence-corrected chi connectivity index (χ4v) is 1.66. The lowest BCUT2D eigenvalue weighted by atomic mass is 9.95. The highest BCUT2D eigenvalue weighted by Gasteiger charge is 2.45. The third-order valence-corrected chi connectivity index (χ3v) is 2.44. The molecule has 0 amide bonds. The molecule has 0 aromatic heterocycles. The minimum Gasteiger partial charge on any atom is -0.478 e. The normalized spacial score (nSPS) is 12.6. The van der Waals surface area contributed by atoms with Crippen LogP contribution in [0.4, 0.5) is 26.3 Å². The third kappa shape index (κ3) is 3.18. The zero-order chi connectivity index (χ0) is 15.0. The van der Waals surface area contributed by atoms with Crippen molar-refractivity contribution < 1.29 is 36.2 Å². The molecule has 0 fully saturated rings. The van der Waals surface area contributed by atoms with Gasteiger partial charge in [-0.2, -0.15) is 26.3 Å². The van der Waals surface area contributed by atoms with Crippen LogP contribution in [0.2, 0.25) is 0 Å². The predicted octanol–water partition coefficient (Wildman–Crippen LogP) is 3.98. The van der Waals surface area contributed by atoms with Crippen LogP contribution in [0.5, 0.6) is 0 Å². The van der Waals surface area contributed by atoms with Gasteiger partial charge in [0.1, 0.15) is 0 Å². The van der Waals surface area contributed by atoms with Gasteiger partial charge in [0.15, 0.2) is 0 Å². The summed E-state index contributed by atoms with van der Waals surface area (Å²) >= 11 is 0. The Morgan fingerprint density at radius 2 is 1.63 bits per heavy atom. The van der Waals surface area contributed by atoms with Gasteiger partial charge in [0.25, 0.3) is 0 Å². The minimum atomic E-state index is -5.28. The number of carboxylic acids is 1. The van der Waals surface area contributed by atoms with Crippen LogP contribution in [0.1, 0.15) is 34.0 Å². The molecule has 0 aliphatic heterocycles. The summed E-state index contributed by atoms with van der Waals surface area (Å²) in [4.78, 5) is 10.7. The monoisotopic (exact) mass is 286 g/mol. The average Bonchev–Trinajstić information content (AvgIpc) is 2.24. The van der Waals surface area contributed by atoms with Crippen LogP contribution in [-0.4, -0.2) is 11.1 Å². The number of aromatic carboxylic acids is 1. The summed E-state index contributed by atoms with van der Waals surface area (Å²) < 4.78 is 76.1. The second-order valence-electron chi connectivity index (χ2n) is 3.71. The van der Waals surface area contributed by atoms with E-state index in [9.17, 15) is 31.1 Å². The molecule has 8 heteroatoms. The molecule has 2 nitrogen and oxygen atoms in total. The highest BCUT2D eigenvalue weighted by molar-refractivity contribution is 5.88. The van der Waals surface area contributed by atoms with Gasteiger partial charge in [0.2, 0.25) is 0 Å². The number of hydrogen-bond acceptors (Lipinski definition) is 1. The summed E-state index contributed by atoms with van der Waals surface area (Å²) in [5, 5.41) is 8.64. The summed E-state index contributed by atoms with van der Waals surface area (Å²) in [5.41, 5.74) is -5.32. The van der Waals surface area contributed by atoms with Gasteiger partial charge in [-0.05, 0) is 24.1 Å². The number of carbonyl (C=O) groups is 1. The van der Waals surface area contributed by atoms with Crippen molar-refractivity contribution in [2.24, 2.45) is 0 Å². The summed E-state index contributed by atoms with van der Waals surface area (Å²) in [6.07, 6.45) is -10.8. The molecule has 0 heterocycles. The first-order valence-corrected chi connectivity index (χ1v) is 5.03. The highest BCUT2D eigenvalue weighted by Crippen LogP contribution is 2.42. The highest BCUT2D eigenvalue weighted by atomic mass is 19.4. The fourth-order valence-electron chi connectivity index (χ4n) is 1.66. The first-order valence-electron chi connectivity index (χ1n) is 5.03. The largest absolute Gasteiger partial charge is 0.478 e. The number of aryl methyl sites for hydroxylation is 1. The van der Waals surface area contributed by atoms with Gasteiger partial charge in [0.05, 0.1) is 16.7 Å². The van der Waals surface area contributed by atoms with Crippen LogP contribution in [0.25, 0.3) is 0 Å². The Morgan fingerprint density at radius 3 is 1.95 bits per heavy atom. The maximum atomic E-state index is 12.7. The lowest BCUT2D eigenvalue weighted by molar-refractivity contribution is -0.162. The Morgan fingerprint density at radius 1 is 1.11 bits per heavy atom. The van der Waals surface area contributed by atoms with Crippen molar-refractivity contribution in [2.75, 3.05) is 0 Å². The topological polar surface area (TPSA) is 37.3 Å². The third-order valence-electron chi connectivity index (χ3n) is 2.44. The number of hydrogen-bond donors (Lipinski definition) is 1. The SMILES string of the molecule is CCc1cc(C(=O)O)cc(C(F)(F)F)c1C(F)(F)F. The van der Waals surface area contributed by atoms with Crippen molar-refractivity contribution in [2.45, 2.75) is 25.7 Å². The Bertz CT molecular complexity index is 501. The second kappa shape index (κ2) is 4.75. The fraction of sp³-hybridized carbons (Fsp3) is 0.364. The van der Waals surface area contributed by atoms with Crippen molar-refractivity contribution in [3.63, 3.8) is 0 Å². The number of carboxylic acid groups (broad SMARTS) is 1. The van der Waals surface area contributed by atoms with Crippen LogP contribution in [0.15, 0.2) is 12.1 Å². The van der Waals surface area contributed by atoms with E-state index in [1.54, 1.807) is 0 Å². The molecule has 0 aliphatic rings. The molecule has 0 spiro atoms. The molecule has 0 saturated heterocycles. The van der Waals surface area contributed by atoms with Crippen LogP contribution < -0.4 is 0 Å². The van der Waals surface area contributed by atoms with Crippen LogP contribution in [0.3, 0.4) is 0 Å². The zero-order valence-electron chi connectivity index (χ0n) is 9.49. The smallest absolute Gasteiger partial charge is 0.417 e. The van der Waals surface area contributed by atoms with E-state index in [0.717, 1.165) is 0 Å². The second-order valence-corrected chi connectivity index (χ2v) is 3.71. The van der Waals surface area contributed by atoms with Crippen molar-refractivity contribution >= 4 is 5.97 Å². The first kappa shape index (κ1) is 15.3. The summed E-state index contributed by atoms with van der Waals surface area (Å²) in [5.74, 6) is -1.71. The molecule has 1 N–H and O–H groups in total. The van der Waals surface area contributed by atoms with E-state index in [0.29, 0.717) is 6.07 Å². The minimum absolute atomic E-state index is 0.00428. The van der Waals surface area contributed by atoms with Gasteiger partial charge >= 0.3 is 18.3 Å². The van der Waals surface area contributed by atoms with Crippen LogP contribution >= 0.6 is 0 Å². The quantitative estimate of drug-likeness (QED) is 0.835. The van der Waals surface area contributed by atoms with E-state index in [-0.39, 0.29) is 12.5 Å². The Kier molecular flexibility index (Phi) is 3.83. The maximum absolute atomic E-state index is 12.7. The van der Waals surface area contributed by atoms with Gasteiger partial charge in [-0.25, -0.2) is 4.79 Å². The van der Waals surface area contributed by atoms with E-state index in [2.05, 4.69) is 0 Å². The van der Waals surface area contributed by atoms with Crippen molar-refractivity contribution in [1.29, 1.82) is 0 Å². The van der Waals surface area contributed by atoms with E-state index in [1.165, 1.54) is 6.92 Å². The maximum Gasteiger partial charge on any atom is 0.417 e. The van der Waals surface area contributed by atoms with Crippen molar-refractivity contribution in [3.05, 3.63) is 34.4 Å². The molecule has 19 heavy (non-hydrogen) atoms. The number of alkyl halides is 6.